The SMILES string of the molecule is O=c1c2nnsc2ncn1C1CCCCCC1. The number of hydrogen-bond donors (Lipinski definition) is 0. The highest BCUT2D eigenvalue weighted by molar-refractivity contribution is 7.12. The van der Waals surface area contributed by atoms with Gasteiger partial charge in [-0.3, -0.25) is 9.36 Å². The van der Waals surface area contributed by atoms with Gasteiger partial charge in [0, 0.05) is 17.6 Å². The van der Waals surface area contributed by atoms with Crippen molar-refractivity contribution in [2.45, 2.75) is 44.6 Å². The van der Waals surface area contributed by atoms with E-state index in [4.69, 9.17) is 0 Å². The smallest absolute Gasteiger partial charge is 0.282 e. The lowest BCUT2D eigenvalue weighted by Crippen LogP contribution is -2.25. The lowest BCUT2D eigenvalue weighted by atomic mass is 10.1. The molecule has 0 saturated heterocycles. The molecule has 0 aliphatic heterocycles. The molecule has 0 bridgehead atoms. The standard InChI is InChI=1S/C11H14N4OS/c16-11-9-10(17-14-13-9)12-7-15(11)8-5-3-1-2-4-6-8/h7-8H,1-6H2. The van der Waals surface area contributed by atoms with Crippen molar-refractivity contribution < 1.29 is 0 Å². The molecule has 0 radical (unpaired) electrons. The van der Waals surface area contributed by atoms with Crippen LogP contribution in [0.4, 0.5) is 0 Å². The Morgan fingerprint density at radius 3 is 2.76 bits per heavy atom. The second-order valence-corrected chi connectivity index (χ2v) is 5.26. The molecule has 0 atom stereocenters. The number of hydrogen-bond acceptors (Lipinski definition) is 5. The van der Waals surface area contributed by atoms with Gasteiger partial charge in [-0.25, -0.2) is 4.98 Å². The van der Waals surface area contributed by atoms with Crippen LogP contribution in [0.5, 0.6) is 0 Å². The Labute approximate surface area is 103 Å². The van der Waals surface area contributed by atoms with E-state index in [0.29, 0.717) is 16.4 Å². The van der Waals surface area contributed by atoms with Crippen LogP contribution in [0, 0.1) is 0 Å². The first-order chi connectivity index (χ1) is 8.36. The Kier molecular flexibility index (Phi) is 2.88. The molecule has 3 rings (SSSR count). The predicted octanol–water partition coefficient (Wildman–Crippen LogP) is 2.14. The summed E-state index contributed by atoms with van der Waals surface area (Å²) in [6.07, 6.45) is 8.77. The maximum absolute atomic E-state index is 12.2. The minimum Gasteiger partial charge on any atom is -0.294 e. The Morgan fingerprint density at radius 1 is 1.24 bits per heavy atom. The topological polar surface area (TPSA) is 60.7 Å². The molecule has 0 aromatic carbocycles. The number of fused-ring (bicyclic) bond motifs is 1. The summed E-state index contributed by atoms with van der Waals surface area (Å²) in [5, 5.41) is 3.87. The minimum absolute atomic E-state index is 0.0318. The van der Waals surface area contributed by atoms with Crippen LogP contribution in [0.25, 0.3) is 10.3 Å². The number of nitrogens with zero attached hydrogens (tertiary/aromatic N) is 4. The zero-order valence-corrected chi connectivity index (χ0v) is 10.3. The second kappa shape index (κ2) is 4.52. The van der Waals surface area contributed by atoms with Crippen molar-refractivity contribution in [3.8, 4) is 0 Å². The van der Waals surface area contributed by atoms with Gasteiger partial charge in [0.25, 0.3) is 5.56 Å². The second-order valence-electron chi connectivity index (χ2n) is 4.53. The minimum atomic E-state index is -0.0318. The van der Waals surface area contributed by atoms with Gasteiger partial charge in [-0.1, -0.05) is 30.2 Å². The van der Waals surface area contributed by atoms with E-state index in [1.165, 1.54) is 37.2 Å². The first-order valence-electron chi connectivity index (χ1n) is 6.05. The summed E-state index contributed by atoms with van der Waals surface area (Å²) in [5.41, 5.74) is 0.386. The van der Waals surface area contributed by atoms with Crippen molar-refractivity contribution in [1.82, 2.24) is 19.1 Å². The summed E-state index contributed by atoms with van der Waals surface area (Å²) in [5.74, 6) is 0. The zero-order valence-electron chi connectivity index (χ0n) is 9.50. The average molecular weight is 250 g/mol. The van der Waals surface area contributed by atoms with Crippen LogP contribution in [0.3, 0.4) is 0 Å². The summed E-state index contributed by atoms with van der Waals surface area (Å²) < 4.78 is 5.54. The molecule has 2 heterocycles. The van der Waals surface area contributed by atoms with Crippen molar-refractivity contribution in [3.05, 3.63) is 16.7 Å². The van der Waals surface area contributed by atoms with E-state index >= 15 is 0 Å². The third-order valence-electron chi connectivity index (χ3n) is 3.43. The Morgan fingerprint density at radius 2 is 2.00 bits per heavy atom. The van der Waals surface area contributed by atoms with Crippen molar-refractivity contribution in [2.75, 3.05) is 0 Å². The van der Waals surface area contributed by atoms with E-state index in [9.17, 15) is 4.79 Å². The van der Waals surface area contributed by atoms with E-state index in [1.54, 1.807) is 10.9 Å². The molecule has 2 aromatic rings. The molecule has 0 N–H and O–H groups in total. The predicted molar refractivity (Wildman–Crippen MR) is 66.2 cm³/mol. The van der Waals surface area contributed by atoms with Gasteiger partial charge in [0.15, 0.2) is 10.3 Å². The highest BCUT2D eigenvalue weighted by Gasteiger charge is 2.17. The van der Waals surface area contributed by atoms with E-state index < -0.39 is 0 Å². The van der Waals surface area contributed by atoms with Crippen LogP contribution in [0.2, 0.25) is 0 Å². The molecular formula is C11H14N4OS. The average Bonchev–Trinajstić information content (AvgIpc) is 2.66. The van der Waals surface area contributed by atoms with Gasteiger partial charge in [0.05, 0.1) is 6.33 Å². The van der Waals surface area contributed by atoms with E-state index in [-0.39, 0.29) is 5.56 Å². The summed E-state index contributed by atoms with van der Waals surface area (Å²) in [6, 6.07) is 0.295. The van der Waals surface area contributed by atoms with Gasteiger partial charge in [-0.05, 0) is 12.8 Å². The van der Waals surface area contributed by atoms with Crippen LogP contribution in [-0.2, 0) is 0 Å². The van der Waals surface area contributed by atoms with Gasteiger partial charge in [-0.2, -0.15) is 0 Å². The summed E-state index contributed by atoms with van der Waals surface area (Å²) in [6.45, 7) is 0. The molecule has 90 valence electrons. The van der Waals surface area contributed by atoms with Gasteiger partial charge < -0.3 is 0 Å². The molecule has 1 saturated carbocycles. The molecule has 0 spiro atoms. The van der Waals surface area contributed by atoms with Crippen molar-refractivity contribution >= 4 is 21.9 Å². The summed E-state index contributed by atoms with van der Waals surface area (Å²) >= 11 is 1.18. The molecule has 17 heavy (non-hydrogen) atoms. The van der Waals surface area contributed by atoms with Crippen LogP contribution < -0.4 is 5.56 Å². The normalized spacial score (nSPS) is 18.4. The quantitative estimate of drug-likeness (QED) is 0.727. The molecule has 2 aromatic heterocycles. The van der Waals surface area contributed by atoms with Crippen LogP contribution in [0.1, 0.15) is 44.6 Å². The molecule has 1 aliphatic rings. The first-order valence-corrected chi connectivity index (χ1v) is 6.83. The Hall–Kier alpha value is -1.30. The molecule has 5 nitrogen and oxygen atoms in total. The zero-order chi connectivity index (χ0) is 11.7. The number of aromatic nitrogens is 4. The molecule has 0 unspecified atom stereocenters. The molecule has 6 heteroatoms. The monoisotopic (exact) mass is 250 g/mol. The fraction of sp³-hybridized carbons (Fsp3) is 0.636. The molecule has 1 fully saturated rings. The van der Waals surface area contributed by atoms with Crippen molar-refractivity contribution in [1.29, 1.82) is 0 Å². The highest BCUT2D eigenvalue weighted by atomic mass is 32.1. The number of rotatable bonds is 1. The maximum atomic E-state index is 12.2. The van der Waals surface area contributed by atoms with Crippen LogP contribution in [0.15, 0.2) is 11.1 Å². The third kappa shape index (κ3) is 1.97. The molecular weight excluding hydrogens is 236 g/mol. The van der Waals surface area contributed by atoms with E-state index in [0.717, 1.165) is 12.8 Å². The highest BCUT2D eigenvalue weighted by Crippen LogP contribution is 2.26. The summed E-state index contributed by atoms with van der Waals surface area (Å²) in [7, 11) is 0. The van der Waals surface area contributed by atoms with Crippen molar-refractivity contribution in [3.63, 3.8) is 0 Å². The van der Waals surface area contributed by atoms with E-state index in [1.807, 2.05) is 0 Å². The van der Waals surface area contributed by atoms with Crippen LogP contribution >= 0.6 is 11.5 Å². The summed E-state index contributed by atoms with van der Waals surface area (Å²) in [4.78, 5) is 17.1. The maximum Gasteiger partial charge on any atom is 0.282 e. The lowest BCUT2D eigenvalue weighted by Gasteiger charge is -2.16. The molecule has 1 aliphatic carbocycles. The van der Waals surface area contributed by atoms with Crippen LogP contribution in [-0.4, -0.2) is 19.1 Å². The fourth-order valence-corrected chi connectivity index (χ4v) is 3.00. The third-order valence-corrected chi connectivity index (χ3v) is 4.06. The van der Waals surface area contributed by atoms with E-state index in [2.05, 4.69) is 14.6 Å². The molecule has 0 amide bonds. The Balaban J connectivity index is 2.03. The van der Waals surface area contributed by atoms with Gasteiger partial charge in [0.1, 0.15) is 0 Å². The van der Waals surface area contributed by atoms with Gasteiger partial charge >= 0.3 is 0 Å². The fourth-order valence-electron chi connectivity index (χ4n) is 2.49. The first kappa shape index (κ1) is 10.8. The van der Waals surface area contributed by atoms with Crippen molar-refractivity contribution in [2.24, 2.45) is 0 Å². The lowest BCUT2D eigenvalue weighted by molar-refractivity contribution is 0.429. The Bertz CT molecular complexity index is 568. The van der Waals surface area contributed by atoms with Gasteiger partial charge in [0.2, 0.25) is 0 Å². The largest absolute Gasteiger partial charge is 0.294 e. The van der Waals surface area contributed by atoms with Gasteiger partial charge in [-0.15, -0.1) is 5.10 Å².